The number of hydrogen-bond acceptors (Lipinski definition) is 3. The van der Waals surface area contributed by atoms with Crippen LogP contribution in [-0.4, -0.2) is 24.5 Å². The van der Waals surface area contributed by atoms with Gasteiger partial charge in [0, 0.05) is 15.3 Å². The first kappa shape index (κ1) is 16.0. The maximum absolute atomic E-state index is 12.5. The van der Waals surface area contributed by atoms with Crippen LogP contribution in [0.1, 0.15) is 22.8 Å². The molecule has 0 saturated carbocycles. The molecule has 23 heavy (non-hydrogen) atoms. The van der Waals surface area contributed by atoms with E-state index in [1.54, 1.807) is 17.0 Å². The summed E-state index contributed by atoms with van der Waals surface area (Å²) in [5, 5.41) is 0. The molecule has 1 amide bonds. The molecule has 0 unspecified atom stereocenters. The van der Waals surface area contributed by atoms with Gasteiger partial charge >= 0.3 is 5.97 Å². The molecule has 3 rings (SSSR count). The van der Waals surface area contributed by atoms with E-state index in [9.17, 15) is 9.59 Å². The second kappa shape index (κ2) is 6.70. The zero-order valence-corrected chi connectivity index (χ0v) is 14.8. The van der Waals surface area contributed by atoms with Gasteiger partial charge < -0.3 is 9.64 Å². The first-order valence-electron chi connectivity index (χ1n) is 7.39. The van der Waals surface area contributed by atoms with Crippen LogP contribution in [-0.2, 0) is 16.0 Å². The minimum Gasteiger partial charge on any atom is -0.452 e. The summed E-state index contributed by atoms with van der Waals surface area (Å²) in [4.78, 5) is 26.2. The van der Waals surface area contributed by atoms with Crippen molar-refractivity contribution in [3.63, 3.8) is 0 Å². The number of anilines is 1. The van der Waals surface area contributed by atoms with Gasteiger partial charge in [-0.2, -0.15) is 0 Å². The Kier molecular flexibility index (Phi) is 4.66. The van der Waals surface area contributed by atoms with E-state index in [2.05, 4.69) is 22.6 Å². The predicted molar refractivity (Wildman–Crippen MR) is 96.5 cm³/mol. The fourth-order valence-electron chi connectivity index (χ4n) is 2.81. The molecule has 1 aliphatic rings. The average Bonchev–Trinajstić information content (AvgIpc) is 2.88. The summed E-state index contributed by atoms with van der Waals surface area (Å²) >= 11 is 2.17. The van der Waals surface area contributed by atoms with Gasteiger partial charge in [0.25, 0.3) is 5.91 Å². The number of benzene rings is 2. The molecule has 5 heteroatoms. The van der Waals surface area contributed by atoms with Crippen molar-refractivity contribution >= 4 is 40.2 Å². The van der Waals surface area contributed by atoms with Crippen LogP contribution >= 0.6 is 22.6 Å². The van der Waals surface area contributed by atoms with Gasteiger partial charge in [0.05, 0.1) is 5.56 Å². The first-order chi connectivity index (χ1) is 11.1. The molecule has 0 aliphatic carbocycles. The highest BCUT2D eigenvalue weighted by atomic mass is 127. The second-order valence-electron chi connectivity index (χ2n) is 5.53. The first-order valence-corrected chi connectivity index (χ1v) is 8.47. The molecule has 1 aliphatic heterocycles. The normalized spacial score (nSPS) is 16.1. The van der Waals surface area contributed by atoms with Crippen molar-refractivity contribution < 1.29 is 14.3 Å². The number of esters is 1. The topological polar surface area (TPSA) is 46.6 Å². The molecule has 0 spiro atoms. The third-order valence-corrected chi connectivity index (χ3v) is 4.60. The Hall–Kier alpha value is -1.89. The molecule has 0 fully saturated rings. The van der Waals surface area contributed by atoms with Crippen molar-refractivity contribution in [3.05, 3.63) is 63.2 Å². The van der Waals surface area contributed by atoms with Gasteiger partial charge in [0.15, 0.2) is 6.61 Å². The molecule has 2 aromatic rings. The molecule has 0 aromatic heterocycles. The standard InChI is InChI=1S/C18H16INO3/c1-12-10-14-4-2-3-5-16(14)20(12)17(21)11-23-18(22)13-6-8-15(19)9-7-13/h2-9,12H,10-11H2,1H3/t12-/m1/s1. The van der Waals surface area contributed by atoms with Crippen LogP contribution in [0.5, 0.6) is 0 Å². The lowest BCUT2D eigenvalue weighted by Crippen LogP contribution is -2.38. The number of carbonyl (C=O) groups excluding carboxylic acids is 2. The number of para-hydroxylation sites is 1. The Morgan fingerprint density at radius 3 is 2.61 bits per heavy atom. The number of halogens is 1. The number of carbonyl (C=O) groups is 2. The van der Waals surface area contributed by atoms with Gasteiger partial charge in [-0.15, -0.1) is 0 Å². The number of amides is 1. The molecule has 1 heterocycles. The van der Waals surface area contributed by atoms with Crippen molar-refractivity contribution in [1.82, 2.24) is 0 Å². The third kappa shape index (κ3) is 3.39. The Morgan fingerprint density at radius 2 is 1.87 bits per heavy atom. The third-order valence-electron chi connectivity index (χ3n) is 3.88. The number of nitrogens with zero attached hydrogens (tertiary/aromatic N) is 1. The highest BCUT2D eigenvalue weighted by Crippen LogP contribution is 2.31. The molecular weight excluding hydrogens is 405 g/mol. The van der Waals surface area contributed by atoms with Crippen molar-refractivity contribution in [2.75, 3.05) is 11.5 Å². The van der Waals surface area contributed by atoms with Crippen LogP contribution in [0.15, 0.2) is 48.5 Å². The number of fused-ring (bicyclic) bond motifs is 1. The van der Waals surface area contributed by atoms with E-state index in [1.165, 1.54) is 0 Å². The van der Waals surface area contributed by atoms with E-state index in [0.29, 0.717) is 5.56 Å². The van der Waals surface area contributed by atoms with Gasteiger partial charge in [-0.3, -0.25) is 4.79 Å². The van der Waals surface area contributed by atoms with Gasteiger partial charge in [0.1, 0.15) is 0 Å². The Morgan fingerprint density at radius 1 is 1.17 bits per heavy atom. The molecule has 1 atom stereocenters. The minimum atomic E-state index is -0.477. The van der Waals surface area contributed by atoms with Crippen molar-refractivity contribution in [2.45, 2.75) is 19.4 Å². The lowest BCUT2D eigenvalue weighted by molar-refractivity contribution is -0.122. The predicted octanol–water partition coefficient (Wildman–Crippen LogP) is 3.43. The number of hydrogen-bond donors (Lipinski definition) is 0. The Balaban J connectivity index is 1.66. The molecule has 0 N–H and O–H groups in total. The van der Waals surface area contributed by atoms with Crippen molar-refractivity contribution in [2.24, 2.45) is 0 Å². The number of rotatable bonds is 3. The fourth-order valence-corrected chi connectivity index (χ4v) is 3.17. The highest BCUT2D eigenvalue weighted by Gasteiger charge is 2.30. The SMILES string of the molecule is C[C@@H]1Cc2ccccc2N1C(=O)COC(=O)c1ccc(I)cc1. The van der Waals surface area contributed by atoms with Crippen LogP contribution in [0.3, 0.4) is 0 Å². The van der Waals surface area contributed by atoms with E-state index >= 15 is 0 Å². The van der Waals surface area contributed by atoms with Crippen LogP contribution < -0.4 is 4.90 Å². The zero-order valence-electron chi connectivity index (χ0n) is 12.7. The smallest absolute Gasteiger partial charge is 0.338 e. The van der Waals surface area contributed by atoms with Crippen molar-refractivity contribution in [3.8, 4) is 0 Å². The largest absolute Gasteiger partial charge is 0.452 e. The summed E-state index contributed by atoms with van der Waals surface area (Å²) in [7, 11) is 0. The molecule has 0 radical (unpaired) electrons. The van der Waals surface area contributed by atoms with Gasteiger partial charge in [0.2, 0.25) is 0 Å². The summed E-state index contributed by atoms with van der Waals surface area (Å²) < 4.78 is 6.21. The summed E-state index contributed by atoms with van der Waals surface area (Å²) in [6, 6.07) is 15.0. The summed E-state index contributed by atoms with van der Waals surface area (Å²) in [5.41, 5.74) is 2.51. The van der Waals surface area contributed by atoms with Crippen LogP contribution in [0, 0.1) is 3.57 Å². The van der Waals surface area contributed by atoms with Gasteiger partial charge in [-0.25, -0.2) is 4.79 Å². The fraction of sp³-hybridized carbons (Fsp3) is 0.222. The van der Waals surface area contributed by atoms with Crippen LogP contribution in [0.2, 0.25) is 0 Å². The van der Waals surface area contributed by atoms with Gasteiger partial charge in [-0.05, 0) is 71.8 Å². The summed E-state index contributed by atoms with van der Waals surface area (Å²) in [6.45, 7) is 1.75. The lowest BCUT2D eigenvalue weighted by Gasteiger charge is -2.22. The molecular formula is C18H16INO3. The van der Waals surface area contributed by atoms with Crippen LogP contribution in [0.25, 0.3) is 0 Å². The second-order valence-corrected chi connectivity index (χ2v) is 6.77. The Labute approximate surface area is 148 Å². The maximum Gasteiger partial charge on any atom is 0.338 e. The molecule has 0 saturated heterocycles. The van der Waals surface area contributed by atoms with Crippen LogP contribution in [0.4, 0.5) is 5.69 Å². The highest BCUT2D eigenvalue weighted by molar-refractivity contribution is 14.1. The van der Waals surface area contributed by atoms with E-state index in [0.717, 1.165) is 21.2 Å². The Bertz CT molecular complexity index is 742. The quantitative estimate of drug-likeness (QED) is 0.564. The lowest BCUT2D eigenvalue weighted by atomic mass is 10.1. The minimum absolute atomic E-state index is 0.0805. The van der Waals surface area contributed by atoms with E-state index in [-0.39, 0.29) is 18.6 Å². The summed E-state index contributed by atoms with van der Waals surface area (Å²) in [6.07, 6.45) is 0.826. The summed E-state index contributed by atoms with van der Waals surface area (Å²) in [5.74, 6) is -0.670. The van der Waals surface area contributed by atoms with E-state index in [1.807, 2.05) is 43.3 Å². The van der Waals surface area contributed by atoms with Crippen molar-refractivity contribution in [1.29, 1.82) is 0 Å². The average molecular weight is 421 g/mol. The monoisotopic (exact) mass is 421 g/mol. The molecule has 4 nitrogen and oxygen atoms in total. The zero-order chi connectivity index (χ0) is 16.4. The molecule has 118 valence electrons. The maximum atomic E-state index is 12.5. The molecule has 0 bridgehead atoms. The van der Waals surface area contributed by atoms with Gasteiger partial charge in [-0.1, -0.05) is 18.2 Å². The van der Waals surface area contributed by atoms with E-state index < -0.39 is 5.97 Å². The van der Waals surface area contributed by atoms with E-state index in [4.69, 9.17) is 4.74 Å². The number of ether oxygens (including phenoxy) is 1. The molecule has 2 aromatic carbocycles.